The number of allylic oxidation sites excluding steroid dienone is 2. The molecule has 3 saturated carbocycles. The maximum atomic E-state index is 11.2. The van der Waals surface area contributed by atoms with Crippen LogP contribution in [-0.2, 0) is 11.3 Å². The minimum atomic E-state index is -0.621. The van der Waals surface area contributed by atoms with Gasteiger partial charge in [0.2, 0.25) is 0 Å². The average Bonchev–Trinajstić information content (AvgIpc) is 2.81. The normalized spacial score (nSPS) is 39.9. The molecule has 0 radical (unpaired) electrons. The van der Waals surface area contributed by atoms with Gasteiger partial charge in [-0.2, -0.15) is 0 Å². The highest BCUT2D eigenvalue weighted by Gasteiger charge is 2.72. The highest BCUT2D eigenvalue weighted by molar-refractivity contribution is 5.48. The van der Waals surface area contributed by atoms with Crippen molar-refractivity contribution in [2.75, 3.05) is 0 Å². The van der Waals surface area contributed by atoms with Crippen LogP contribution >= 0.6 is 0 Å². The molecule has 0 amide bonds. The second-order valence-corrected chi connectivity index (χ2v) is 7.35. The van der Waals surface area contributed by atoms with Gasteiger partial charge in [0, 0.05) is 6.07 Å². The van der Waals surface area contributed by atoms with Gasteiger partial charge < -0.3 is 4.74 Å². The molecule has 3 fully saturated rings. The van der Waals surface area contributed by atoms with Gasteiger partial charge in [0.15, 0.2) is 0 Å². The van der Waals surface area contributed by atoms with Crippen LogP contribution in [0.4, 0.5) is 11.4 Å². The Morgan fingerprint density at radius 1 is 1.04 bits per heavy atom. The van der Waals surface area contributed by atoms with E-state index in [1.165, 1.54) is 12.1 Å². The molecule has 7 nitrogen and oxygen atoms in total. The van der Waals surface area contributed by atoms with Crippen molar-refractivity contribution >= 4 is 11.4 Å². The van der Waals surface area contributed by atoms with Gasteiger partial charge >= 0.3 is 0 Å². The van der Waals surface area contributed by atoms with Gasteiger partial charge in [0.05, 0.1) is 34.2 Å². The third-order valence-corrected chi connectivity index (χ3v) is 6.63. The van der Waals surface area contributed by atoms with Gasteiger partial charge in [0.25, 0.3) is 11.4 Å². The standard InChI is InChI=1S/C17H16N2O5/c20-18(21)9-2-1-8(13(5-9)19(22)23)7-24-14-6-12-10-3-4-11-15(10)17(12)16(11)14/h1-5,10-12,14-17H,6-7H2/t10-,11+,12+,14-,15+,16-,17-/m0/s1. The van der Waals surface area contributed by atoms with Crippen LogP contribution in [0.15, 0.2) is 30.4 Å². The van der Waals surface area contributed by atoms with E-state index >= 15 is 0 Å². The first-order valence-electron chi connectivity index (χ1n) is 8.28. The van der Waals surface area contributed by atoms with Crippen molar-refractivity contribution in [2.45, 2.75) is 19.1 Å². The predicted molar refractivity (Wildman–Crippen MR) is 83.0 cm³/mol. The Hall–Kier alpha value is -2.28. The van der Waals surface area contributed by atoms with Crippen LogP contribution in [0.25, 0.3) is 0 Å². The van der Waals surface area contributed by atoms with Gasteiger partial charge in [-0.05, 0) is 48.0 Å². The summed E-state index contributed by atoms with van der Waals surface area (Å²) in [6.45, 7) is 0.140. The van der Waals surface area contributed by atoms with E-state index in [4.69, 9.17) is 4.74 Å². The number of nitrogens with zero attached hydrogens (tertiary/aromatic N) is 2. The van der Waals surface area contributed by atoms with Crippen LogP contribution in [0.1, 0.15) is 12.0 Å². The molecule has 0 heterocycles. The number of nitro benzene ring substituents is 2. The van der Waals surface area contributed by atoms with E-state index in [1.54, 1.807) is 0 Å². The zero-order valence-electron chi connectivity index (χ0n) is 12.8. The summed E-state index contributed by atoms with van der Waals surface area (Å²) in [7, 11) is 0. The summed E-state index contributed by atoms with van der Waals surface area (Å²) < 4.78 is 6.06. The first kappa shape index (κ1) is 14.1. The van der Waals surface area contributed by atoms with Gasteiger partial charge in [-0.15, -0.1) is 0 Å². The predicted octanol–water partition coefficient (Wildman–Crippen LogP) is 3.09. The molecule has 0 saturated heterocycles. The fourth-order valence-corrected chi connectivity index (χ4v) is 5.71. The molecule has 0 unspecified atom stereocenters. The van der Waals surface area contributed by atoms with Gasteiger partial charge in [-0.3, -0.25) is 20.2 Å². The fraction of sp³-hybridized carbons (Fsp3) is 0.529. The van der Waals surface area contributed by atoms with E-state index in [9.17, 15) is 20.2 Å². The van der Waals surface area contributed by atoms with Crippen molar-refractivity contribution in [1.82, 2.24) is 0 Å². The summed E-state index contributed by atoms with van der Waals surface area (Å²) >= 11 is 0. The molecule has 0 spiro atoms. The lowest BCUT2D eigenvalue weighted by molar-refractivity contribution is -0.394. The van der Waals surface area contributed by atoms with Crippen molar-refractivity contribution in [3.8, 4) is 0 Å². The zero-order valence-corrected chi connectivity index (χ0v) is 12.8. The van der Waals surface area contributed by atoms with E-state index in [-0.39, 0.29) is 24.1 Å². The molecule has 7 atom stereocenters. The molecule has 0 aromatic heterocycles. The number of rotatable bonds is 5. The number of hydrogen-bond acceptors (Lipinski definition) is 5. The van der Waals surface area contributed by atoms with E-state index in [0.29, 0.717) is 17.4 Å². The summed E-state index contributed by atoms with van der Waals surface area (Å²) in [5.74, 6) is 4.28. The number of nitro groups is 2. The number of fused-ring (bicyclic) bond motifs is 2. The second kappa shape index (κ2) is 4.63. The number of benzene rings is 1. The molecule has 0 N–H and O–H groups in total. The molecule has 4 aliphatic carbocycles. The molecule has 24 heavy (non-hydrogen) atoms. The lowest BCUT2D eigenvalue weighted by Crippen LogP contribution is -2.57. The summed E-state index contributed by atoms with van der Waals surface area (Å²) in [4.78, 5) is 20.8. The average molecular weight is 328 g/mol. The first-order chi connectivity index (χ1) is 11.6. The van der Waals surface area contributed by atoms with Crippen LogP contribution in [0, 0.1) is 55.7 Å². The molecule has 124 valence electrons. The maximum absolute atomic E-state index is 11.2. The monoisotopic (exact) mass is 328 g/mol. The van der Waals surface area contributed by atoms with Gasteiger partial charge in [0.1, 0.15) is 0 Å². The Bertz CT molecular complexity index is 791. The molecule has 7 heteroatoms. The smallest absolute Gasteiger partial charge is 0.281 e. The molecular formula is C17H16N2O5. The van der Waals surface area contributed by atoms with Crippen LogP contribution in [0.5, 0.6) is 0 Å². The lowest BCUT2D eigenvalue weighted by atomic mass is 9.44. The third-order valence-electron chi connectivity index (χ3n) is 6.63. The number of ether oxygens (including phenoxy) is 1. The first-order valence-corrected chi connectivity index (χ1v) is 8.28. The molecular weight excluding hydrogens is 312 g/mol. The summed E-state index contributed by atoms with van der Waals surface area (Å²) in [6, 6.07) is 3.75. The van der Waals surface area contributed by atoms with Crippen LogP contribution in [-0.4, -0.2) is 16.0 Å². The van der Waals surface area contributed by atoms with Crippen molar-refractivity contribution in [3.05, 3.63) is 56.1 Å². The molecule has 4 aliphatic rings. The molecule has 1 aromatic carbocycles. The van der Waals surface area contributed by atoms with Crippen LogP contribution < -0.4 is 0 Å². The zero-order chi connectivity index (χ0) is 16.6. The summed E-state index contributed by atoms with van der Waals surface area (Å²) in [5.41, 5.74) is -0.104. The molecule has 1 aromatic rings. The second-order valence-electron chi connectivity index (χ2n) is 7.35. The highest BCUT2D eigenvalue weighted by Crippen LogP contribution is 2.75. The quantitative estimate of drug-likeness (QED) is 0.470. The Labute approximate surface area is 137 Å². The van der Waals surface area contributed by atoms with Gasteiger partial charge in [-0.1, -0.05) is 12.2 Å². The van der Waals surface area contributed by atoms with E-state index in [2.05, 4.69) is 12.2 Å². The Kier molecular flexibility index (Phi) is 2.72. The topological polar surface area (TPSA) is 95.5 Å². The van der Waals surface area contributed by atoms with E-state index < -0.39 is 9.85 Å². The minimum absolute atomic E-state index is 0.140. The number of non-ortho nitro benzene ring substituents is 1. The molecule has 0 bridgehead atoms. The van der Waals surface area contributed by atoms with Crippen molar-refractivity contribution in [2.24, 2.45) is 35.5 Å². The van der Waals surface area contributed by atoms with Crippen molar-refractivity contribution < 1.29 is 14.6 Å². The largest absolute Gasteiger partial charge is 0.373 e. The van der Waals surface area contributed by atoms with Crippen LogP contribution in [0.2, 0.25) is 0 Å². The Morgan fingerprint density at radius 2 is 1.83 bits per heavy atom. The van der Waals surface area contributed by atoms with E-state index in [0.717, 1.165) is 36.2 Å². The fourth-order valence-electron chi connectivity index (χ4n) is 5.71. The highest BCUT2D eigenvalue weighted by atomic mass is 16.6. The van der Waals surface area contributed by atoms with Gasteiger partial charge in [-0.25, -0.2) is 0 Å². The number of hydrogen-bond donors (Lipinski definition) is 0. The lowest BCUT2D eigenvalue weighted by Gasteiger charge is -2.60. The van der Waals surface area contributed by atoms with Crippen molar-refractivity contribution in [1.29, 1.82) is 0 Å². The summed E-state index contributed by atoms with van der Waals surface area (Å²) in [6.07, 6.45) is 5.90. The van der Waals surface area contributed by atoms with E-state index in [1.807, 2.05) is 0 Å². The van der Waals surface area contributed by atoms with Crippen molar-refractivity contribution in [3.63, 3.8) is 0 Å². The maximum Gasteiger partial charge on any atom is 0.281 e. The summed E-state index contributed by atoms with van der Waals surface area (Å²) in [5, 5.41) is 22.0. The Balaban J connectivity index is 1.33. The van der Waals surface area contributed by atoms with Crippen LogP contribution in [0.3, 0.4) is 0 Å². The Morgan fingerprint density at radius 3 is 2.58 bits per heavy atom. The molecule has 0 aliphatic heterocycles. The third kappa shape index (κ3) is 1.65. The minimum Gasteiger partial charge on any atom is -0.373 e. The molecule has 5 rings (SSSR count). The SMILES string of the molecule is O=[N+]([O-])c1ccc(CO[C@H]2C[C@@H]3[C@@H]4C=C[C@@H]5[C@@H]4[C@H]3[C@@H]52)c([N+](=O)[O-])c1.